The molecule has 0 aliphatic carbocycles. The van der Waals surface area contributed by atoms with Crippen molar-refractivity contribution in [3.63, 3.8) is 0 Å². The molecule has 0 saturated heterocycles. The molecule has 0 fully saturated rings. The van der Waals surface area contributed by atoms with E-state index in [9.17, 15) is 4.79 Å². The largest absolute Gasteiger partial charge is 0.477 e. The highest BCUT2D eigenvalue weighted by Gasteiger charge is 2.14. The average molecular weight is 155 g/mol. The van der Waals surface area contributed by atoms with Crippen molar-refractivity contribution in [1.29, 1.82) is 0 Å². The molecule has 5 heteroatoms. The normalized spacial score (nSPS) is 9.91. The Hall–Kier alpha value is -1.65. The van der Waals surface area contributed by atoms with E-state index in [1.807, 2.05) is 0 Å². The monoisotopic (exact) mass is 155 g/mol. The van der Waals surface area contributed by atoms with Gasteiger partial charge in [0.25, 0.3) is 0 Å². The van der Waals surface area contributed by atoms with Gasteiger partial charge in [0.1, 0.15) is 0 Å². The summed E-state index contributed by atoms with van der Waals surface area (Å²) in [5, 5.41) is 8.60. The first-order valence-electron chi connectivity index (χ1n) is 2.97. The summed E-state index contributed by atoms with van der Waals surface area (Å²) in [5.41, 5.74) is 11.2. The molecule has 5 N–H and O–H groups in total. The SMILES string of the molecule is Cn1cc(N)c(N)c1C(=O)O. The maximum absolute atomic E-state index is 10.5. The smallest absolute Gasteiger partial charge is 0.354 e. The van der Waals surface area contributed by atoms with E-state index >= 15 is 0 Å². The van der Waals surface area contributed by atoms with Gasteiger partial charge >= 0.3 is 5.97 Å². The summed E-state index contributed by atoms with van der Waals surface area (Å²) < 4.78 is 1.38. The summed E-state index contributed by atoms with van der Waals surface area (Å²) in [5.74, 6) is -1.07. The lowest BCUT2D eigenvalue weighted by atomic mass is 10.3. The molecule has 0 aromatic carbocycles. The van der Waals surface area contributed by atoms with Crippen molar-refractivity contribution in [1.82, 2.24) is 4.57 Å². The molecule has 5 nitrogen and oxygen atoms in total. The summed E-state index contributed by atoms with van der Waals surface area (Å²) in [6.07, 6.45) is 1.47. The Morgan fingerprint density at radius 2 is 2.18 bits per heavy atom. The lowest BCUT2D eigenvalue weighted by Gasteiger charge is -1.96. The van der Waals surface area contributed by atoms with Crippen molar-refractivity contribution in [3.05, 3.63) is 11.9 Å². The van der Waals surface area contributed by atoms with Gasteiger partial charge in [-0.2, -0.15) is 0 Å². The van der Waals surface area contributed by atoms with Gasteiger partial charge in [0, 0.05) is 13.2 Å². The van der Waals surface area contributed by atoms with Crippen molar-refractivity contribution in [3.8, 4) is 0 Å². The fourth-order valence-corrected chi connectivity index (χ4v) is 0.936. The number of aromatic nitrogens is 1. The number of anilines is 2. The first-order chi connectivity index (χ1) is 5.04. The number of nitrogens with two attached hydrogens (primary N) is 2. The van der Waals surface area contributed by atoms with E-state index < -0.39 is 5.97 Å². The number of hydrogen-bond acceptors (Lipinski definition) is 3. The Balaban J connectivity index is 3.34. The maximum atomic E-state index is 10.5. The van der Waals surface area contributed by atoms with Crippen LogP contribution >= 0.6 is 0 Å². The van der Waals surface area contributed by atoms with Crippen LogP contribution in [0.2, 0.25) is 0 Å². The Kier molecular flexibility index (Phi) is 1.48. The second-order valence-electron chi connectivity index (χ2n) is 2.26. The lowest BCUT2D eigenvalue weighted by Crippen LogP contribution is -2.06. The minimum absolute atomic E-state index is 0.0301. The van der Waals surface area contributed by atoms with Crippen LogP contribution in [0.15, 0.2) is 6.20 Å². The van der Waals surface area contributed by atoms with E-state index in [0.717, 1.165) is 0 Å². The van der Waals surface area contributed by atoms with Gasteiger partial charge in [-0.25, -0.2) is 4.79 Å². The first-order valence-corrected chi connectivity index (χ1v) is 2.97. The highest BCUT2D eigenvalue weighted by Crippen LogP contribution is 2.20. The van der Waals surface area contributed by atoms with Gasteiger partial charge in [0.05, 0.1) is 11.4 Å². The van der Waals surface area contributed by atoms with E-state index in [-0.39, 0.29) is 11.4 Å². The standard InChI is InChI=1S/C6H9N3O2/c1-9-2-3(7)4(8)5(9)6(10)11/h2H,7-8H2,1H3,(H,10,11). The minimum Gasteiger partial charge on any atom is -0.477 e. The fourth-order valence-electron chi connectivity index (χ4n) is 0.936. The number of aromatic carboxylic acids is 1. The first kappa shape index (κ1) is 7.46. The number of carboxylic acids is 1. The number of aryl methyl sites for hydroxylation is 1. The molecular weight excluding hydrogens is 146 g/mol. The van der Waals surface area contributed by atoms with Crippen molar-refractivity contribution in [2.45, 2.75) is 0 Å². The zero-order chi connectivity index (χ0) is 8.59. The van der Waals surface area contributed by atoms with Crippen molar-refractivity contribution in [2.75, 3.05) is 11.5 Å². The molecule has 1 rings (SSSR count). The molecule has 1 aromatic heterocycles. The van der Waals surface area contributed by atoms with Gasteiger partial charge in [0.15, 0.2) is 5.69 Å². The minimum atomic E-state index is -1.07. The molecule has 11 heavy (non-hydrogen) atoms. The average Bonchev–Trinajstić information content (AvgIpc) is 2.07. The van der Waals surface area contributed by atoms with Gasteiger partial charge in [-0.1, -0.05) is 0 Å². The van der Waals surface area contributed by atoms with Crippen LogP contribution in [0.4, 0.5) is 11.4 Å². The van der Waals surface area contributed by atoms with Crippen LogP contribution in [0, 0.1) is 0 Å². The Morgan fingerprint density at radius 1 is 1.64 bits per heavy atom. The lowest BCUT2D eigenvalue weighted by molar-refractivity contribution is 0.0688. The molecule has 0 radical (unpaired) electrons. The van der Waals surface area contributed by atoms with Crippen LogP contribution < -0.4 is 11.5 Å². The highest BCUT2D eigenvalue weighted by molar-refractivity contribution is 5.95. The molecule has 0 amide bonds. The van der Waals surface area contributed by atoms with Gasteiger partial charge in [-0.3, -0.25) is 0 Å². The number of nitrogen functional groups attached to an aromatic ring is 2. The van der Waals surface area contributed by atoms with Crippen LogP contribution in [0.3, 0.4) is 0 Å². The zero-order valence-corrected chi connectivity index (χ0v) is 6.03. The maximum Gasteiger partial charge on any atom is 0.354 e. The van der Waals surface area contributed by atoms with Crippen LogP contribution in [0.25, 0.3) is 0 Å². The van der Waals surface area contributed by atoms with Gasteiger partial charge < -0.3 is 21.1 Å². The third kappa shape index (κ3) is 1.000. The topological polar surface area (TPSA) is 94.3 Å². The summed E-state index contributed by atoms with van der Waals surface area (Å²) in [6, 6.07) is 0. The Labute approximate surface area is 63.2 Å². The molecule has 1 heterocycles. The van der Waals surface area contributed by atoms with Crippen LogP contribution in [-0.4, -0.2) is 15.6 Å². The molecule has 60 valence electrons. The number of hydrogen-bond donors (Lipinski definition) is 3. The van der Waals surface area contributed by atoms with Crippen LogP contribution in [0.5, 0.6) is 0 Å². The van der Waals surface area contributed by atoms with E-state index in [4.69, 9.17) is 16.6 Å². The molecule has 1 aromatic rings. The summed E-state index contributed by atoms with van der Waals surface area (Å²) in [6.45, 7) is 0. The summed E-state index contributed by atoms with van der Waals surface area (Å²) >= 11 is 0. The van der Waals surface area contributed by atoms with Gasteiger partial charge in [-0.15, -0.1) is 0 Å². The molecule has 0 aliphatic rings. The number of rotatable bonds is 1. The van der Waals surface area contributed by atoms with E-state index in [1.165, 1.54) is 10.8 Å². The van der Waals surface area contributed by atoms with Gasteiger partial charge in [0.2, 0.25) is 0 Å². The molecule has 0 unspecified atom stereocenters. The number of carboxylic acid groups (broad SMARTS) is 1. The molecular formula is C6H9N3O2. The predicted octanol–water partition coefficient (Wildman–Crippen LogP) is -0.112. The number of nitrogens with zero attached hydrogens (tertiary/aromatic N) is 1. The second-order valence-corrected chi connectivity index (χ2v) is 2.26. The van der Waals surface area contributed by atoms with Crippen molar-refractivity contribution >= 4 is 17.3 Å². The van der Waals surface area contributed by atoms with Crippen molar-refractivity contribution < 1.29 is 9.90 Å². The van der Waals surface area contributed by atoms with Crippen LogP contribution in [0.1, 0.15) is 10.5 Å². The quantitative estimate of drug-likeness (QED) is 0.527. The third-order valence-electron chi connectivity index (χ3n) is 1.45. The fraction of sp³-hybridized carbons (Fsp3) is 0.167. The summed E-state index contributed by atoms with van der Waals surface area (Å²) in [4.78, 5) is 10.5. The Morgan fingerprint density at radius 3 is 2.36 bits per heavy atom. The highest BCUT2D eigenvalue weighted by atomic mass is 16.4. The summed E-state index contributed by atoms with van der Waals surface area (Å²) in [7, 11) is 1.58. The molecule has 0 atom stereocenters. The van der Waals surface area contributed by atoms with Crippen LogP contribution in [-0.2, 0) is 7.05 Å². The van der Waals surface area contributed by atoms with E-state index in [0.29, 0.717) is 5.69 Å². The predicted molar refractivity (Wildman–Crippen MR) is 41.2 cm³/mol. The zero-order valence-electron chi connectivity index (χ0n) is 6.03. The van der Waals surface area contributed by atoms with E-state index in [1.54, 1.807) is 7.05 Å². The van der Waals surface area contributed by atoms with Crippen molar-refractivity contribution in [2.24, 2.45) is 7.05 Å². The van der Waals surface area contributed by atoms with Gasteiger partial charge in [-0.05, 0) is 0 Å². The molecule has 0 bridgehead atoms. The molecule has 0 saturated carbocycles. The number of carbonyl (C=O) groups is 1. The van der Waals surface area contributed by atoms with E-state index in [2.05, 4.69) is 0 Å². The third-order valence-corrected chi connectivity index (χ3v) is 1.45. The molecule has 0 spiro atoms. The molecule has 0 aliphatic heterocycles. The Bertz CT molecular complexity index is 303. The second kappa shape index (κ2) is 2.19.